The third-order valence-corrected chi connectivity index (χ3v) is 6.53. The number of hydrogen-bond donors (Lipinski definition) is 1. The third kappa shape index (κ3) is 5.40. The average molecular weight is 514 g/mol. The van der Waals surface area contributed by atoms with Gasteiger partial charge in [-0.15, -0.1) is 0 Å². The second kappa shape index (κ2) is 10.7. The topological polar surface area (TPSA) is 85.5 Å². The van der Waals surface area contributed by atoms with Gasteiger partial charge in [-0.2, -0.15) is 5.26 Å². The van der Waals surface area contributed by atoms with Crippen molar-refractivity contribution in [3.05, 3.63) is 94.1 Å². The lowest BCUT2D eigenvalue weighted by molar-refractivity contribution is -0.117. The molecular formula is C29H24ClN3O4. The SMILES string of the molecule is Cc1cc(OCCn2cc(/C=C(\C#N)C(=O)NCc3ccc4c(c3)OCO4)c3ccccc32)ccc1Cl. The van der Waals surface area contributed by atoms with Crippen LogP contribution >= 0.6 is 11.6 Å². The van der Waals surface area contributed by atoms with Gasteiger partial charge in [0.05, 0.1) is 6.54 Å². The Morgan fingerprint density at radius 2 is 2.00 bits per heavy atom. The van der Waals surface area contributed by atoms with Crippen molar-refractivity contribution in [1.29, 1.82) is 5.26 Å². The Morgan fingerprint density at radius 1 is 1.16 bits per heavy atom. The molecule has 7 nitrogen and oxygen atoms in total. The number of aromatic nitrogens is 1. The van der Waals surface area contributed by atoms with Gasteiger partial charge in [0.25, 0.3) is 5.91 Å². The molecule has 0 bridgehead atoms. The molecule has 186 valence electrons. The number of para-hydroxylation sites is 1. The number of ether oxygens (including phenoxy) is 3. The number of fused-ring (bicyclic) bond motifs is 2. The number of amides is 1. The number of nitrogens with zero attached hydrogens (tertiary/aromatic N) is 2. The molecule has 0 aliphatic carbocycles. The Hall–Kier alpha value is -4.41. The quantitative estimate of drug-likeness (QED) is 0.243. The first-order chi connectivity index (χ1) is 18.0. The van der Waals surface area contributed by atoms with Crippen molar-refractivity contribution in [2.75, 3.05) is 13.4 Å². The van der Waals surface area contributed by atoms with Crippen LogP contribution in [-0.4, -0.2) is 23.9 Å². The highest BCUT2D eigenvalue weighted by Crippen LogP contribution is 2.32. The molecule has 1 aliphatic rings. The predicted molar refractivity (Wildman–Crippen MR) is 142 cm³/mol. The minimum Gasteiger partial charge on any atom is -0.492 e. The van der Waals surface area contributed by atoms with Crippen LogP contribution in [0.25, 0.3) is 17.0 Å². The standard InChI is InChI=1S/C29H24ClN3O4/c1-19-12-23(7-8-25(19)30)35-11-10-33-17-22(24-4-2-3-5-26(24)33)14-21(15-31)29(34)32-16-20-6-9-27-28(13-20)37-18-36-27/h2-9,12-14,17H,10-11,16,18H2,1H3,(H,32,34)/b21-14+. The molecule has 5 rings (SSSR count). The molecule has 0 saturated carbocycles. The van der Waals surface area contributed by atoms with E-state index in [0.717, 1.165) is 33.3 Å². The van der Waals surface area contributed by atoms with Gasteiger partial charge in [-0.05, 0) is 60.5 Å². The maximum atomic E-state index is 12.8. The highest BCUT2D eigenvalue weighted by atomic mass is 35.5. The Kier molecular flexibility index (Phi) is 7.02. The van der Waals surface area contributed by atoms with Crippen molar-refractivity contribution in [2.24, 2.45) is 0 Å². The van der Waals surface area contributed by atoms with Gasteiger partial charge in [0.1, 0.15) is 24.0 Å². The molecule has 0 unspecified atom stereocenters. The zero-order valence-electron chi connectivity index (χ0n) is 20.2. The molecule has 2 heterocycles. The first kappa shape index (κ1) is 24.3. The smallest absolute Gasteiger partial charge is 0.262 e. The summed E-state index contributed by atoms with van der Waals surface area (Å²) in [5, 5.41) is 14.2. The van der Waals surface area contributed by atoms with Crippen molar-refractivity contribution >= 4 is 34.5 Å². The molecule has 1 amide bonds. The van der Waals surface area contributed by atoms with Crippen LogP contribution in [0.15, 0.2) is 72.4 Å². The number of nitrogens with one attached hydrogen (secondary N) is 1. The van der Waals surface area contributed by atoms with Gasteiger partial charge in [0.15, 0.2) is 11.5 Å². The van der Waals surface area contributed by atoms with Crippen LogP contribution < -0.4 is 19.5 Å². The first-order valence-electron chi connectivity index (χ1n) is 11.8. The summed E-state index contributed by atoms with van der Waals surface area (Å²) in [6.07, 6.45) is 3.56. The molecule has 3 aromatic carbocycles. The molecule has 4 aromatic rings. The number of carbonyl (C=O) groups excluding carboxylic acids is 1. The van der Waals surface area contributed by atoms with Crippen LogP contribution in [0.1, 0.15) is 16.7 Å². The molecule has 0 radical (unpaired) electrons. The van der Waals surface area contributed by atoms with Crippen LogP contribution in [0.2, 0.25) is 5.02 Å². The molecule has 8 heteroatoms. The zero-order valence-corrected chi connectivity index (χ0v) is 20.9. The van der Waals surface area contributed by atoms with E-state index in [1.165, 1.54) is 0 Å². The van der Waals surface area contributed by atoms with Gasteiger partial charge in [0, 0.05) is 34.2 Å². The molecule has 0 saturated heterocycles. The summed E-state index contributed by atoms with van der Waals surface area (Å²) in [5.74, 6) is 1.63. The zero-order chi connectivity index (χ0) is 25.8. The fourth-order valence-electron chi connectivity index (χ4n) is 4.18. The summed E-state index contributed by atoms with van der Waals surface area (Å²) in [7, 11) is 0. The van der Waals surface area contributed by atoms with Crippen molar-refractivity contribution in [3.63, 3.8) is 0 Å². The molecule has 0 spiro atoms. The van der Waals surface area contributed by atoms with E-state index in [-0.39, 0.29) is 18.9 Å². The second-order valence-electron chi connectivity index (χ2n) is 8.59. The van der Waals surface area contributed by atoms with Gasteiger partial charge >= 0.3 is 0 Å². The first-order valence-corrected chi connectivity index (χ1v) is 12.1. The Balaban J connectivity index is 1.30. The van der Waals surface area contributed by atoms with Gasteiger partial charge in [-0.1, -0.05) is 35.9 Å². The van der Waals surface area contributed by atoms with Crippen LogP contribution in [0, 0.1) is 18.3 Å². The van der Waals surface area contributed by atoms with Crippen LogP contribution in [-0.2, 0) is 17.9 Å². The average Bonchev–Trinajstić information content (AvgIpc) is 3.52. The molecule has 1 aromatic heterocycles. The molecule has 0 fully saturated rings. The minimum absolute atomic E-state index is 0.0246. The van der Waals surface area contributed by atoms with E-state index in [9.17, 15) is 10.1 Å². The maximum Gasteiger partial charge on any atom is 0.262 e. The Labute approximate surface area is 219 Å². The fraction of sp³-hybridized carbons (Fsp3) is 0.172. The van der Waals surface area contributed by atoms with E-state index in [4.69, 9.17) is 25.8 Å². The summed E-state index contributed by atoms with van der Waals surface area (Å²) >= 11 is 6.10. The Bertz CT molecular complexity index is 1550. The lowest BCUT2D eigenvalue weighted by atomic mass is 10.1. The summed E-state index contributed by atoms with van der Waals surface area (Å²) in [6, 6.07) is 21.0. The summed E-state index contributed by atoms with van der Waals surface area (Å²) < 4.78 is 18.7. The van der Waals surface area contributed by atoms with Gasteiger partial charge in [-0.25, -0.2) is 0 Å². The van der Waals surface area contributed by atoms with Crippen molar-refractivity contribution in [2.45, 2.75) is 20.0 Å². The number of nitriles is 1. The van der Waals surface area contributed by atoms with E-state index in [0.29, 0.717) is 29.7 Å². The number of benzene rings is 3. The Morgan fingerprint density at radius 3 is 2.84 bits per heavy atom. The number of carbonyl (C=O) groups is 1. The largest absolute Gasteiger partial charge is 0.492 e. The van der Waals surface area contributed by atoms with Crippen molar-refractivity contribution < 1.29 is 19.0 Å². The highest BCUT2D eigenvalue weighted by molar-refractivity contribution is 6.31. The van der Waals surface area contributed by atoms with Gasteiger partial charge in [0.2, 0.25) is 6.79 Å². The van der Waals surface area contributed by atoms with E-state index in [1.54, 1.807) is 12.1 Å². The number of aryl methyl sites for hydroxylation is 1. The van der Waals surface area contributed by atoms with Crippen LogP contribution in [0.3, 0.4) is 0 Å². The monoisotopic (exact) mass is 513 g/mol. The van der Waals surface area contributed by atoms with Gasteiger partial charge < -0.3 is 24.1 Å². The molecule has 37 heavy (non-hydrogen) atoms. The molecular weight excluding hydrogens is 490 g/mol. The van der Waals surface area contributed by atoms with E-state index < -0.39 is 5.91 Å². The normalized spacial score (nSPS) is 12.4. The summed E-state index contributed by atoms with van der Waals surface area (Å²) in [5.41, 5.74) is 3.60. The van der Waals surface area contributed by atoms with Gasteiger partial charge in [-0.3, -0.25) is 4.79 Å². The van der Waals surface area contributed by atoms with Crippen molar-refractivity contribution in [1.82, 2.24) is 9.88 Å². The van der Waals surface area contributed by atoms with E-state index in [2.05, 4.69) is 9.88 Å². The van der Waals surface area contributed by atoms with E-state index >= 15 is 0 Å². The fourth-order valence-corrected chi connectivity index (χ4v) is 4.29. The summed E-state index contributed by atoms with van der Waals surface area (Å²) in [6.45, 7) is 3.42. The molecule has 0 atom stereocenters. The number of halogens is 1. The van der Waals surface area contributed by atoms with Crippen molar-refractivity contribution in [3.8, 4) is 23.3 Å². The molecule has 1 N–H and O–H groups in total. The van der Waals surface area contributed by atoms with E-state index in [1.807, 2.05) is 73.8 Å². The number of hydrogen-bond acceptors (Lipinski definition) is 5. The predicted octanol–water partition coefficient (Wildman–Crippen LogP) is 5.63. The van der Waals surface area contributed by atoms with Crippen LogP contribution in [0.5, 0.6) is 17.2 Å². The number of rotatable bonds is 8. The highest BCUT2D eigenvalue weighted by Gasteiger charge is 2.15. The maximum absolute atomic E-state index is 12.8. The second-order valence-corrected chi connectivity index (χ2v) is 9.00. The van der Waals surface area contributed by atoms with Crippen LogP contribution in [0.4, 0.5) is 0 Å². The summed E-state index contributed by atoms with van der Waals surface area (Å²) in [4.78, 5) is 12.8. The minimum atomic E-state index is -0.446. The lowest BCUT2D eigenvalue weighted by Gasteiger charge is -2.09. The molecule has 1 aliphatic heterocycles. The lowest BCUT2D eigenvalue weighted by Crippen LogP contribution is -2.23. The third-order valence-electron chi connectivity index (χ3n) is 6.10.